The van der Waals surface area contributed by atoms with Gasteiger partial charge in [0.15, 0.2) is 0 Å². The Kier molecular flexibility index (Phi) is 4.93. The molecule has 0 aromatic carbocycles. The molecule has 1 aliphatic carbocycles. The van der Waals surface area contributed by atoms with Gasteiger partial charge in [0.2, 0.25) is 0 Å². The molecule has 2 rings (SSSR count). The Labute approximate surface area is 113 Å². The van der Waals surface area contributed by atoms with Gasteiger partial charge in [-0.2, -0.15) is 0 Å². The van der Waals surface area contributed by atoms with E-state index in [0.29, 0.717) is 0 Å². The molecule has 0 aromatic rings. The van der Waals surface area contributed by atoms with E-state index in [2.05, 4.69) is 28.5 Å². The molecule has 2 unspecified atom stereocenters. The number of hydrogen-bond donors (Lipinski definition) is 2. The van der Waals surface area contributed by atoms with Gasteiger partial charge in [-0.3, -0.25) is 4.72 Å². The first-order chi connectivity index (χ1) is 8.69. The minimum absolute atomic E-state index is 0.181. The first-order valence-corrected chi connectivity index (χ1v) is 9.19. The zero-order valence-electron chi connectivity index (χ0n) is 11.7. The lowest BCUT2D eigenvalue weighted by molar-refractivity contribution is 0.194. The van der Waals surface area contributed by atoms with E-state index >= 15 is 0 Å². The molecule has 2 atom stereocenters. The van der Waals surface area contributed by atoms with Crippen molar-refractivity contribution in [2.75, 3.05) is 12.8 Å². The summed E-state index contributed by atoms with van der Waals surface area (Å²) in [5.74, 6) is 1.64. The highest BCUT2D eigenvalue weighted by Gasteiger charge is 2.27. The lowest BCUT2D eigenvalue weighted by Crippen LogP contribution is -2.23. The Hall–Kier alpha value is -0.250. The van der Waals surface area contributed by atoms with Gasteiger partial charge in [-0.25, -0.2) is 0 Å². The number of nitrogens with one attached hydrogen (secondary N) is 1. The van der Waals surface area contributed by atoms with E-state index in [-0.39, 0.29) is 6.10 Å². The third-order valence-corrected chi connectivity index (χ3v) is 7.26. The summed E-state index contributed by atoms with van der Waals surface area (Å²) in [6, 6.07) is 0. The zero-order valence-corrected chi connectivity index (χ0v) is 12.5. The Morgan fingerprint density at radius 2 is 2.11 bits per heavy atom. The van der Waals surface area contributed by atoms with Crippen LogP contribution in [-0.2, 0) is 0 Å². The molecule has 0 spiro atoms. The van der Waals surface area contributed by atoms with Crippen LogP contribution in [0.15, 0.2) is 22.5 Å². The van der Waals surface area contributed by atoms with Gasteiger partial charge in [0.05, 0.1) is 6.10 Å². The second kappa shape index (κ2) is 6.27. The maximum Gasteiger partial charge on any atom is 0.0630 e. The van der Waals surface area contributed by atoms with Crippen molar-refractivity contribution in [1.29, 1.82) is 0 Å². The van der Waals surface area contributed by atoms with Crippen LogP contribution in [0, 0.1) is 5.92 Å². The van der Waals surface area contributed by atoms with Crippen LogP contribution in [0.2, 0.25) is 0 Å². The molecule has 1 saturated carbocycles. The third kappa shape index (κ3) is 3.19. The molecular weight excluding hydrogens is 242 g/mol. The molecule has 2 aliphatic rings. The summed E-state index contributed by atoms with van der Waals surface area (Å²) in [5.41, 5.74) is 1.53. The van der Waals surface area contributed by atoms with Gasteiger partial charge in [-0.1, -0.05) is 32.3 Å². The van der Waals surface area contributed by atoms with Crippen molar-refractivity contribution >= 4 is 10.2 Å². The molecule has 2 N–H and O–H groups in total. The number of aliphatic hydroxyl groups is 1. The van der Waals surface area contributed by atoms with E-state index in [4.69, 9.17) is 0 Å². The topological polar surface area (TPSA) is 32.3 Å². The average Bonchev–Trinajstić information content (AvgIpc) is 2.84. The van der Waals surface area contributed by atoms with Crippen LogP contribution >= 0.6 is 10.2 Å². The molecule has 1 heterocycles. The van der Waals surface area contributed by atoms with Crippen molar-refractivity contribution < 1.29 is 5.11 Å². The molecule has 0 radical (unpaired) electrons. The number of allylic oxidation sites excluding steroid dienone is 2. The highest BCUT2D eigenvalue weighted by Crippen LogP contribution is 2.54. The predicted molar refractivity (Wildman–Crippen MR) is 81.6 cm³/mol. The zero-order chi connectivity index (χ0) is 13.0. The normalized spacial score (nSPS) is 34.1. The third-order valence-electron chi connectivity index (χ3n) is 4.25. The van der Waals surface area contributed by atoms with Gasteiger partial charge in [-0.05, 0) is 48.6 Å². The standard InChI is InChI=1S/C15H27NOS/c1-3-15(17)12-18(16-2)10-9-14(11-18)13-7-5-4-6-8-13/h9-11,13,15-17H,3-8,12H2,1-2H3. The minimum atomic E-state index is -1.05. The second-order valence-corrected chi connectivity index (χ2v) is 8.49. The molecule has 1 aliphatic heterocycles. The van der Waals surface area contributed by atoms with E-state index in [0.717, 1.165) is 18.1 Å². The fraction of sp³-hybridized carbons (Fsp3) is 0.733. The van der Waals surface area contributed by atoms with Gasteiger partial charge in [0.1, 0.15) is 0 Å². The van der Waals surface area contributed by atoms with E-state index in [1.807, 2.05) is 7.05 Å². The molecule has 1 fully saturated rings. The summed E-state index contributed by atoms with van der Waals surface area (Å²) < 4.78 is 3.47. The fourth-order valence-corrected chi connectivity index (χ4v) is 5.68. The maximum atomic E-state index is 9.93. The first kappa shape index (κ1) is 14.2. The van der Waals surface area contributed by atoms with Gasteiger partial charge in [-0.15, -0.1) is 10.2 Å². The van der Waals surface area contributed by atoms with E-state index in [1.54, 1.807) is 0 Å². The van der Waals surface area contributed by atoms with Gasteiger partial charge < -0.3 is 5.11 Å². The SMILES string of the molecule is CCC(O)CS1(NC)C=CC(C2CCCCC2)=C1. The molecule has 0 amide bonds. The molecule has 104 valence electrons. The fourth-order valence-electron chi connectivity index (χ4n) is 2.94. The molecular formula is C15H27NOS. The summed E-state index contributed by atoms with van der Waals surface area (Å²) in [7, 11) is 0.979. The quantitative estimate of drug-likeness (QED) is 0.798. The van der Waals surface area contributed by atoms with Crippen molar-refractivity contribution in [3.05, 3.63) is 22.5 Å². The predicted octanol–water partition coefficient (Wildman–Crippen LogP) is 3.69. The number of rotatable bonds is 5. The summed E-state index contributed by atoms with van der Waals surface area (Å²) in [6.45, 7) is 2.05. The van der Waals surface area contributed by atoms with Gasteiger partial charge in [0.25, 0.3) is 0 Å². The lowest BCUT2D eigenvalue weighted by atomic mass is 9.84. The van der Waals surface area contributed by atoms with Crippen LogP contribution in [0.4, 0.5) is 0 Å². The summed E-state index contributed by atoms with van der Waals surface area (Å²) in [6.07, 6.45) is 9.87. The maximum absolute atomic E-state index is 9.93. The Balaban J connectivity index is 2.06. The van der Waals surface area contributed by atoms with Crippen molar-refractivity contribution in [2.24, 2.45) is 5.92 Å². The van der Waals surface area contributed by atoms with Crippen molar-refractivity contribution in [3.63, 3.8) is 0 Å². The van der Waals surface area contributed by atoms with Gasteiger partial charge >= 0.3 is 0 Å². The molecule has 0 bridgehead atoms. The van der Waals surface area contributed by atoms with Crippen LogP contribution in [0.1, 0.15) is 45.4 Å². The van der Waals surface area contributed by atoms with Gasteiger partial charge in [0, 0.05) is 5.75 Å². The Morgan fingerprint density at radius 1 is 1.39 bits per heavy atom. The average molecular weight is 269 g/mol. The largest absolute Gasteiger partial charge is 0.392 e. The second-order valence-electron chi connectivity index (χ2n) is 5.54. The van der Waals surface area contributed by atoms with Crippen LogP contribution in [-0.4, -0.2) is 24.0 Å². The van der Waals surface area contributed by atoms with Crippen molar-refractivity contribution in [3.8, 4) is 0 Å². The highest BCUT2D eigenvalue weighted by atomic mass is 32.3. The smallest absolute Gasteiger partial charge is 0.0630 e. The van der Waals surface area contributed by atoms with Crippen LogP contribution in [0.25, 0.3) is 0 Å². The van der Waals surface area contributed by atoms with E-state index < -0.39 is 10.2 Å². The number of aliphatic hydroxyl groups excluding tert-OH is 1. The lowest BCUT2D eigenvalue weighted by Gasteiger charge is -2.33. The highest BCUT2D eigenvalue weighted by molar-refractivity contribution is 8.37. The minimum Gasteiger partial charge on any atom is -0.392 e. The van der Waals surface area contributed by atoms with E-state index in [1.165, 1.54) is 37.7 Å². The summed E-state index contributed by atoms with van der Waals surface area (Å²) in [5, 5.41) is 14.7. The molecule has 0 saturated heterocycles. The van der Waals surface area contributed by atoms with Crippen LogP contribution in [0.5, 0.6) is 0 Å². The Morgan fingerprint density at radius 3 is 2.72 bits per heavy atom. The number of hydrogen-bond acceptors (Lipinski definition) is 2. The van der Waals surface area contributed by atoms with Crippen LogP contribution < -0.4 is 4.72 Å². The summed E-state index contributed by atoms with van der Waals surface area (Å²) in [4.78, 5) is 0. The van der Waals surface area contributed by atoms with E-state index in [9.17, 15) is 5.11 Å². The monoisotopic (exact) mass is 269 g/mol. The molecule has 2 nitrogen and oxygen atoms in total. The molecule has 0 aromatic heterocycles. The molecule has 3 heteroatoms. The first-order valence-electron chi connectivity index (χ1n) is 7.26. The Bertz CT molecular complexity index is 333. The van der Waals surface area contributed by atoms with Crippen molar-refractivity contribution in [1.82, 2.24) is 4.72 Å². The molecule has 18 heavy (non-hydrogen) atoms. The summed E-state index contributed by atoms with van der Waals surface area (Å²) >= 11 is 0. The van der Waals surface area contributed by atoms with Crippen LogP contribution in [0.3, 0.4) is 0 Å². The van der Waals surface area contributed by atoms with Crippen molar-refractivity contribution in [2.45, 2.75) is 51.6 Å².